The van der Waals surface area contributed by atoms with Crippen molar-refractivity contribution in [3.8, 4) is 17.2 Å². The molecule has 3 aromatic carbocycles. The van der Waals surface area contributed by atoms with E-state index in [1.54, 1.807) is 24.3 Å². The molecule has 1 aliphatic heterocycles. The lowest BCUT2D eigenvalue weighted by Gasteiger charge is -2.60. The first-order valence-electron chi connectivity index (χ1n) is 21.2. The van der Waals surface area contributed by atoms with E-state index in [4.69, 9.17) is 24.2 Å². The maximum Gasteiger partial charge on any atom is 0.239 e. The molecular weight excluding hydrogens is 733 g/mol. The van der Waals surface area contributed by atoms with Gasteiger partial charge >= 0.3 is 0 Å². The average Bonchev–Trinajstić information content (AvgIpc) is 4.10. The SMILES string of the molecule is C=CCO[C@@]12Oc3ccc(Oc4cccc(C=O)c4)cc3[C@H]3[C@H](CCCCO)[C@@H](CCCCO)C=C(C(=NOCc4ccccc4)C[C@@H]1N(CCC)C(=O)C1CC1)[C@H]32. The molecule has 308 valence electrons. The minimum atomic E-state index is -1.29. The fourth-order valence-electron chi connectivity index (χ4n) is 9.48. The molecule has 10 nitrogen and oxygen atoms in total. The second-order valence-corrected chi connectivity index (χ2v) is 16.1. The van der Waals surface area contributed by atoms with Crippen molar-refractivity contribution in [3.63, 3.8) is 0 Å². The van der Waals surface area contributed by atoms with Crippen molar-refractivity contribution in [2.75, 3.05) is 26.4 Å². The number of carbonyl (C=O) groups is 2. The smallest absolute Gasteiger partial charge is 0.239 e. The third kappa shape index (κ3) is 8.94. The molecule has 10 heteroatoms. The molecule has 58 heavy (non-hydrogen) atoms. The average molecular weight is 791 g/mol. The predicted octanol–water partition coefficient (Wildman–Crippen LogP) is 8.77. The molecule has 0 radical (unpaired) electrons. The van der Waals surface area contributed by atoms with Crippen molar-refractivity contribution in [1.82, 2.24) is 4.90 Å². The number of carbonyl (C=O) groups excluding carboxylic acids is 2. The number of rotatable bonds is 21. The van der Waals surface area contributed by atoms with Gasteiger partial charge in [-0.2, -0.15) is 0 Å². The molecule has 4 aliphatic rings. The lowest BCUT2D eigenvalue weighted by molar-refractivity contribution is -0.257. The number of oxime groups is 1. The van der Waals surface area contributed by atoms with E-state index in [0.29, 0.717) is 55.2 Å². The Kier molecular flexibility index (Phi) is 13.8. The van der Waals surface area contributed by atoms with Crippen LogP contribution in [0.4, 0.5) is 0 Å². The fourth-order valence-corrected chi connectivity index (χ4v) is 9.48. The van der Waals surface area contributed by atoms with Crippen LogP contribution in [-0.4, -0.2) is 71.2 Å². The third-order valence-corrected chi connectivity index (χ3v) is 12.2. The van der Waals surface area contributed by atoms with E-state index in [-0.39, 0.29) is 49.4 Å². The number of unbranched alkanes of at least 4 members (excludes halogenated alkanes) is 2. The summed E-state index contributed by atoms with van der Waals surface area (Å²) >= 11 is 0. The van der Waals surface area contributed by atoms with E-state index in [1.807, 2.05) is 53.4 Å². The van der Waals surface area contributed by atoms with Crippen LogP contribution in [0.25, 0.3) is 0 Å². The Morgan fingerprint density at radius 2 is 1.76 bits per heavy atom. The summed E-state index contributed by atoms with van der Waals surface area (Å²) in [7, 11) is 0. The van der Waals surface area contributed by atoms with Crippen LogP contribution in [0, 0.1) is 23.7 Å². The minimum Gasteiger partial charge on any atom is -0.459 e. The summed E-state index contributed by atoms with van der Waals surface area (Å²) < 4.78 is 20.9. The van der Waals surface area contributed by atoms with Crippen LogP contribution in [0.2, 0.25) is 0 Å². The number of aliphatic hydroxyl groups excluding tert-OH is 2. The summed E-state index contributed by atoms with van der Waals surface area (Å²) in [6.45, 7) is 7.41. The highest BCUT2D eigenvalue weighted by molar-refractivity contribution is 6.03. The molecule has 2 fully saturated rings. The van der Waals surface area contributed by atoms with Crippen molar-refractivity contribution >= 4 is 17.9 Å². The van der Waals surface area contributed by atoms with Crippen LogP contribution < -0.4 is 9.47 Å². The number of aldehydes is 1. The first kappa shape index (κ1) is 41.4. The molecule has 1 amide bonds. The summed E-state index contributed by atoms with van der Waals surface area (Å²) in [6.07, 6.45) is 12.5. The van der Waals surface area contributed by atoms with Gasteiger partial charge in [0.25, 0.3) is 0 Å². The molecule has 0 bridgehead atoms. The van der Waals surface area contributed by atoms with Gasteiger partial charge < -0.3 is 34.2 Å². The number of hydrogen-bond donors (Lipinski definition) is 2. The van der Waals surface area contributed by atoms with Gasteiger partial charge in [-0.3, -0.25) is 9.59 Å². The molecule has 6 atom stereocenters. The van der Waals surface area contributed by atoms with Gasteiger partial charge in [-0.15, -0.1) is 6.58 Å². The second kappa shape index (κ2) is 19.3. The molecule has 3 aromatic rings. The Hall–Kier alpha value is -4.77. The molecule has 0 unspecified atom stereocenters. The van der Waals surface area contributed by atoms with Gasteiger partial charge in [0.2, 0.25) is 11.7 Å². The lowest BCUT2D eigenvalue weighted by atomic mass is 9.55. The summed E-state index contributed by atoms with van der Waals surface area (Å²) in [5.74, 6) is 0.263. The number of fused-ring (bicyclic) bond motifs is 2. The number of aliphatic hydroxyl groups is 2. The molecule has 2 N–H and O–H groups in total. The Labute approximate surface area is 342 Å². The van der Waals surface area contributed by atoms with Gasteiger partial charge in [-0.1, -0.05) is 79.5 Å². The van der Waals surface area contributed by atoms with Crippen LogP contribution in [0.5, 0.6) is 17.2 Å². The number of amides is 1. The van der Waals surface area contributed by atoms with Crippen LogP contribution in [0.1, 0.15) is 98.5 Å². The normalized spacial score (nSPS) is 25.1. The Balaban J connectivity index is 1.42. The van der Waals surface area contributed by atoms with E-state index >= 15 is 0 Å². The summed E-state index contributed by atoms with van der Waals surface area (Å²) in [5, 5.41) is 24.8. The van der Waals surface area contributed by atoms with Crippen molar-refractivity contribution < 1.29 is 38.9 Å². The van der Waals surface area contributed by atoms with Gasteiger partial charge in [-0.25, -0.2) is 0 Å². The fraction of sp³-hybridized carbons (Fsp3) is 0.479. The van der Waals surface area contributed by atoms with E-state index in [2.05, 4.69) is 25.6 Å². The second-order valence-electron chi connectivity index (χ2n) is 16.1. The van der Waals surface area contributed by atoms with Gasteiger partial charge in [0.05, 0.1) is 18.2 Å². The lowest BCUT2D eigenvalue weighted by Crippen LogP contribution is -2.70. The van der Waals surface area contributed by atoms with E-state index in [0.717, 1.165) is 73.6 Å². The zero-order valence-electron chi connectivity index (χ0n) is 33.7. The van der Waals surface area contributed by atoms with E-state index < -0.39 is 17.7 Å². The summed E-state index contributed by atoms with van der Waals surface area (Å²) in [6, 6.07) is 22.4. The molecule has 0 spiro atoms. The van der Waals surface area contributed by atoms with Crippen LogP contribution in [0.15, 0.2) is 102 Å². The highest BCUT2D eigenvalue weighted by Crippen LogP contribution is 2.62. The van der Waals surface area contributed by atoms with Crippen molar-refractivity contribution in [1.29, 1.82) is 0 Å². The number of nitrogens with zero attached hydrogens (tertiary/aromatic N) is 2. The molecular formula is C48H58N2O8. The maximum atomic E-state index is 14.4. The first-order valence-corrected chi connectivity index (χ1v) is 21.2. The Bertz CT molecular complexity index is 1940. The third-order valence-electron chi connectivity index (χ3n) is 12.2. The number of hydrogen-bond acceptors (Lipinski definition) is 9. The zero-order valence-corrected chi connectivity index (χ0v) is 33.7. The van der Waals surface area contributed by atoms with Crippen LogP contribution in [0.3, 0.4) is 0 Å². The maximum absolute atomic E-state index is 14.4. The molecule has 0 saturated heterocycles. The highest BCUT2D eigenvalue weighted by atomic mass is 16.7. The Morgan fingerprint density at radius 1 is 0.983 bits per heavy atom. The van der Waals surface area contributed by atoms with E-state index in [1.165, 1.54) is 0 Å². The molecule has 1 heterocycles. The number of allylic oxidation sites excluding steroid dienone is 1. The number of ether oxygens (including phenoxy) is 3. The molecule has 2 saturated carbocycles. The van der Waals surface area contributed by atoms with Crippen LogP contribution in [-0.2, 0) is 21.0 Å². The van der Waals surface area contributed by atoms with Gasteiger partial charge in [0.1, 0.15) is 36.2 Å². The molecule has 3 aliphatic carbocycles. The predicted molar refractivity (Wildman–Crippen MR) is 223 cm³/mol. The largest absolute Gasteiger partial charge is 0.459 e. The summed E-state index contributed by atoms with van der Waals surface area (Å²) in [4.78, 5) is 34.3. The topological polar surface area (TPSA) is 127 Å². The van der Waals surface area contributed by atoms with Crippen LogP contribution >= 0.6 is 0 Å². The van der Waals surface area contributed by atoms with E-state index in [9.17, 15) is 19.8 Å². The quantitative estimate of drug-likeness (QED) is 0.0475. The zero-order chi connectivity index (χ0) is 40.5. The van der Waals surface area contributed by atoms with Gasteiger partial charge in [-0.05, 0) is 98.2 Å². The standard InChI is InChI=1S/C48H58N2O8/c1-3-23-50(47(54)35-19-20-35)44-30-42(49-56-32-33-13-6-5-7-14-33)40-28-36(16-8-10-24-51)39(18-9-11-25-52)45-41-29-38(57-37-17-12-15-34(27-37)31-53)21-22-43(41)58-48(44,46(40)45)55-26-4-2/h4-7,12-15,17,21-22,27-29,31,35-36,39,44-46,51-52H,2-3,8-11,16,18-20,23-26,30,32H2,1H3/t36-,39+,44-,45+,46+,48+/m0/s1. The highest BCUT2D eigenvalue weighted by Gasteiger charge is 2.65. The van der Waals surface area contributed by atoms with Gasteiger partial charge in [0, 0.05) is 49.1 Å². The van der Waals surface area contributed by atoms with Gasteiger partial charge in [0.15, 0.2) is 0 Å². The van der Waals surface area contributed by atoms with Crippen molar-refractivity contribution in [2.45, 2.75) is 95.5 Å². The monoisotopic (exact) mass is 790 g/mol. The molecule has 7 rings (SSSR count). The Morgan fingerprint density at radius 3 is 2.48 bits per heavy atom. The van der Waals surface area contributed by atoms with Crippen molar-refractivity contribution in [2.24, 2.45) is 28.8 Å². The minimum absolute atomic E-state index is 0.0211. The number of benzene rings is 3. The first-order chi connectivity index (χ1) is 28.4. The van der Waals surface area contributed by atoms with Crippen molar-refractivity contribution in [3.05, 3.63) is 114 Å². The molecule has 0 aromatic heterocycles. The summed E-state index contributed by atoms with van der Waals surface area (Å²) in [5.41, 5.74) is 4.27.